The van der Waals surface area contributed by atoms with Crippen LogP contribution in [0.2, 0.25) is 0 Å². The number of nitrogens with two attached hydrogens (primary N) is 2. The van der Waals surface area contributed by atoms with Crippen LogP contribution in [-0.2, 0) is 0 Å². The van der Waals surface area contributed by atoms with Crippen LogP contribution in [0.15, 0.2) is 67.0 Å². The van der Waals surface area contributed by atoms with Crippen LogP contribution in [0.3, 0.4) is 0 Å². The first-order chi connectivity index (χ1) is 13.5. The van der Waals surface area contributed by atoms with Gasteiger partial charge in [0.15, 0.2) is 0 Å². The van der Waals surface area contributed by atoms with Crippen molar-refractivity contribution in [3.63, 3.8) is 0 Å². The van der Waals surface area contributed by atoms with E-state index < -0.39 is 11.8 Å². The molecule has 4 rings (SSSR count). The summed E-state index contributed by atoms with van der Waals surface area (Å²) < 4.78 is 0.893. The highest BCUT2D eigenvalue weighted by atomic mass is 32.1. The number of benzene rings is 2. The molecule has 2 amide bonds. The SMILES string of the molecule is NC(=O)c1ccc(-c2ccc(Nc3cncc4sc(C(N)=O)cc34)cc2)cc1. The topological polar surface area (TPSA) is 111 Å². The van der Waals surface area contributed by atoms with Crippen LogP contribution in [-0.4, -0.2) is 16.8 Å². The third-order valence-electron chi connectivity index (χ3n) is 4.36. The summed E-state index contributed by atoms with van der Waals surface area (Å²) in [6.07, 6.45) is 3.44. The van der Waals surface area contributed by atoms with Crippen LogP contribution in [0.4, 0.5) is 11.4 Å². The molecule has 0 unspecified atom stereocenters. The maximum atomic E-state index is 11.4. The zero-order valence-corrected chi connectivity index (χ0v) is 15.5. The monoisotopic (exact) mass is 388 g/mol. The standard InChI is InChI=1S/C21H16N4O2S/c22-20(26)14-3-1-12(2-4-14)13-5-7-15(8-6-13)25-17-10-24-11-19-16(17)9-18(28-19)21(23)27/h1-11,25H,(H2,22,26)(H2,23,27). The number of anilines is 2. The number of thiophene rings is 1. The molecule has 7 heteroatoms. The number of hydrogen-bond acceptors (Lipinski definition) is 5. The first kappa shape index (κ1) is 17.7. The number of primary amides is 2. The lowest BCUT2D eigenvalue weighted by Crippen LogP contribution is -2.10. The molecule has 6 nitrogen and oxygen atoms in total. The molecule has 0 saturated carbocycles. The second-order valence-electron chi connectivity index (χ2n) is 6.22. The Morgan fingerprint density at radius 1 is 0.857 bits per heavy atom. The van der Waals surface area contributed by atoms with E-state index in [1.54, 1.807) is 30.6 Å². The predicted molar refractivity (Wildman–Crippen MR) is 112 cm³/mol. The Morgan fingerprint density at radius 2 is 1.50 bits per heavy atom. The van der Waals surface area contributed by atoms with Gasteiger partial charge in [0.1, 0.15) is 0 Å². The summed E-state index contributed by atoms with van der Waals surface area (Å²) >= 11 is 1.32. The van der Waals surface area contributed by atoms with Crippen molar-refractivity contribution in [3.8, 4) is 11.1 Å². The molecule has 0 aliphatic heterocycles. The lowest BCUT2D eigenvalue weighted by molar-refractivity contribution is 0.0993. The fourth-order valence-electron chi connectivity index (χ4n) is 2.91. The average molecular weight is 388 g/mol. The van der Waals surface area contributed by atoms with Gasteiger partial charge in [-0.1, -0.05) is 24.3 Å². The second kappa shape index (κ2) is 7.13. The summed E-state index contributed by atoms with van der Waals surface area (Å²) in [5.74, 6) is -0.888. The van der Waals surface area contributed by atoms with Crippen LogP contribution >= 0.6 is 11.3 Å². The molecular formula is C21H16N4O2S. The van der Waals surface area contributed by atoms with Crippen molar-refractivity contribution >= 4 is 44.6 Å². The van der Waals surface area contributed by atoms with E-state index >= 15 is 0 Å². The van der Waals surface area contributed by atoms with Crippen molar-refractivity contribution in [3.05, 3.63) is 77.4 Å². The largest absolute Gasteiger partial charge is 0.366 e. The van der Waals surface area contributed by atoms with E-state index in [0.717, 1.165) is 32.6 Å². The number of pyridine rings is 1. The zero-order chi connectivity index (χ0) is 19.7. The van der Waals surface area contributed by atoms with Gasteiger partial charge in [-0.3, -0.25) is 14.6 Å². The molecule has 4 aromatic rings. The Bertz CT molecular complexity index is 1180. The van der Waals surface area contributed by atoms with Gasteiger partial charge in [0, 0.05) is 22.8 Å². The summed E-state index contributed by atoms with van der Waals surface area (Å²) in [5, 5.41) is 4.24. The quantitative estimate of drug-likeness (QED) is 0.481. The Hall–Kier alpha value is -3.71. The van der Waals surface area contributed by atoms with Gasteiger partial charge in [0.2, 0.25) is 5.91 Å². The Morgan fingerprint density at radius 3 is 2.11 bits per heavy atom. The van der Waals surface area contributed by atoms with Crippen molar-refractivity contribution in [1.29, 1.82) is 0 Å². The number of carbonyl (C=O) groups is 2. The molecule has 2 aromatic carbocycles. The molecule has 0 saturated heterocycles. The summed E-state index contributed by atoms with van der Waals surface area (Å²) in [4.78, 5) is 27.3. The number of aromatic nitrogens is 1. The number of rotatable bonds is 5. The highest BCUT2D eigenvalue weighted by Crippen LogP contribution is 2.32. The van der Waals surface area contributed by atoms with E-state index in [1.807, 2.05) is 36.4 Å². The number of nitrogens with one attached hydrogen (secondary N) is 1. The van der Waals surface area contributed by atoms with E-state index in [0.29, 0.717) is 10.4 Å². The van der Waals surface area contributed by atoms with E-state index in [9.17, 15) is 9.59 Å². The first-order valence-electron chi connectivity index (χ1n) is 8.46. The highest BCUT2D eigenvalue weighted by Gasteiger charge is 2.10. The molecule has 5 N–H and O–H groups in total. The van der Waals surface area contributed by atoms with Crippen LogP contribution in [0.5, 0.6) is 0 Å². The number of fused-ring (bicyclic) bond motifs is 1. The van der Waals surface area contributed by atoms with Crippen molar-refractivity contribution in [1.82, 2.24) is 4.98 Å². The van der Waals surface area contributed by atoms with E-state index in [2.05, 4.69) is 10.3 Å². The highest BCUT2D eigenvalue weighted by molar-refractivity contribution is 7.20. The molecule has 0 aliphatic carbocycles. The lowest BCUT2D eigenvalue weighted by atomic mass is 10.0. The molecule has 138 valence electrons. The van der Waals surface area contributed by atoms with Crippen molar-refractivity contribution in [2.24, 2.45) is 11.5 Å². The third kappa shape index (κ3) is 3.43. The third-order valence-corrected chi connectivity index (χ3v) is 5.44. The van der Waals surface area contributed by atoms with E-state index in [1.165, 1.54) is 11.3 Å². The van der Waals surface area contributed by atoms with Gasteiger partial charge >= 0.3 is 0 Å². The summed E-state index contributed by atoms with van der Waals surface area (Å²) in [5.41, 5.74) is 14.8. The summed E-state index contributed by atoms with van der Waals surface area (Å²) in [6.45, 7) is 0. The minimum absolute atomic E-state index is 0.443. The molecule has 0 atom stereocenters. The summed E-state index contributed by atoms with van der Waals surface area (Å²) in [6, 6.07) is 16.8. The molecule has 2 heterocycles. The van der Waals surface area contributed by atoms with E-state index in [-0.39, 0.29) is 0 Å². The van der Waals surface area contributed by atoms with Crippen LogP contribution in [0.1, 0.15) is 20.0 Å². The van der Waals surface area contributed by atoms with Crippen LogP contribution in [0.25, 0.3) is 21.2 Å². The molecule has 0 fully saturated rings. The van der Waals surface area contributed by atoms with Gasteiger partial charge in [-0.15, -0.1) is 11.3 Å². The summed E-state index contributed by atoms with van der Waals surface area (Å²) in [7, 11) is 0. The Kier molecular flexibility index (Phi) is 4.50. The normalized spacial score (nSPS) is 10.7. The Labute approximate surface area is 164 Å². The Balaban J connectivity index is 1.59. The lowest BCUT2D eigenvalue weighted by Gasteiger charge is -2.09. The fourth-order valence-corrected chi connectivity index (χ4v) is 3.82. The van der Waals surface area contributed by atoms with E-state index in [4.69, 9.17) is 11.5 Å². The number of carbonyl (C=O) groups excluding carboxylic acids is 2. The number of amides is 2. The minimum atomic E-state index is -0.446. The molecule has 0 radical (unpaired) electrons. The molecule has 2 aromatic heterocycles. The smallest absolute Gasteiger partial charge is 0.258 e. The van der Waals surface area contributed by atoms with Gasteiger partial charge in [0.25, 0.3) is 5.91 Å². The van der Waals surface area contributed by atoms with Gasteiger partial charge in [-0.2, -0.15) is 0 Å². The molecule has 28 heavy (non-hydrogen) atoms. The van der Waals surface area contributed by atoms with Gasteiger partial charge < -0.3 is 16.8 Å². The maximum absolute atomic E-state index is 11.4. The van der Waals surface area contributed by atoms with Gasteiger partial charge in [-0.25, -0.2) is 0 Å². The van der Waals surface area contributed by atoms with Crippen molar-refractivity contribution in [2.45, 2.75) is 0 Å². The van der Waals surface area contributed by atoms with Crippen molar-refractivity contribution < 1.29 is 9.59 Å². The first-order valence-corrected chi connectivity index (χ1v) is 9.27. The molecule has 0 bridgehead atoms. The van der Waals surface area contributed by atoms with Gasteiger partial charge in [-0.05, 0) is 41.5 Å². The predicted octanol–water partition coefficient (Wildman–Crippen LogP) is 3.90. The minimum Gasteiger partial charge on any atom is -0.366 e. The molecule has 0 aliphatic rings. The molecular weight excluding hydrogens is 372 g/mol. The maximum Gasteiger partial charge on any atom is 0.258 e. The van der Waals surface area contributed by atoms with Crippen LogP contribution in [0, 0.1) is 0 Å². The zero-order valence-electron chi connectivity index (χ0n) is 14.7. The van der Waals surface area contributed by atoms with Gasteiger partial charge in [0.05, 0.1) is 21.5 Å². The van der Waals surface area contributed by atoms with Crippen molar-refractivity contribution in [2.75, 3.05) is 5.32 Å². The molecule has 0 spiro atoms. The average Bonchev–Trinajstić information content (AvgIpc) is 3.14. The number of nitrogens with zero attached hydrogens (tertiary/aromatic N) is 1. The number of hydrogen-bond donors (Lipinski definition) is 3. The van der Waals surface area contributed by atoms with Crippen LogP contribution < -0.4 is 16.8 Å². The second-order valence-corrected chi connectivity index (χ2v) is 7.30. The fraction of sp³-hybridized carbons (Fsp3) is 0.